The van der Waals surface area contributed by atoms with Crippen molar-refractivity contribution in [3.63, 3.8) is 0 Å². The number of hydrogen-bond acceptors (Lipinski definition) is 4. The molecule has 0 aliphatic rings. The standard InChI is InChI=1S/C15H23BrO4/c1-4-19-15(11-16)20-12-13(2)9-7-5-6-8-10-14(17)18-3/h9,15H,4-7,11-12H2,1-3H3/b13-9+. The number of rotatable bonds is 9. The van der Waals surface area contributed by atoms with Crippen molar-refractivity contribution in [2.75, 3.05) is 25.7 Å². The van der Waals surface area contributed by atoms with E-state index in [2.05, 4.69) is 38.6 Å². The van der Waals surface area contributed by atoms with Crippen molar-refractivity contribution in [2.45, 2.75) is 39.4 Å². The zero-order valence-corrected chi connectivity index (χ0v) is 14.0. The first kappa shape index (κ1) is 19.2. The maximum atomic E-state index is 10.7. The molecule has 5 heteroatoms. The Bertz CT molecular complexity index is 355. The van der Waals surface area contributed by atoms with Gasteiger partial charge in [-0.3, -0.25) is 0 Å². The smallest absolute Gasteiger partial charge is 0.384 e. The Labute approximate surface area is 130 Å². The zero-order valence-electron chi connectivity index (χ0n) is 12.4. The molecule has 0 aromatic heterocycles. The molecule has 0 aromatic rings. The second-order valence-corrected chi connectivity index (χ2v) is 4.73. The van der Waals surface area contributed by atoms with Gasteiger partial charge in [-0.05, 0) is 26.7 Å². The van der Waals surface area contributed by atoms with Crippen LogP contribution in [0.3, 0.4) is 0 Å². The number of unbranched alkanes of at least 4 members (excludes halogenated alkanes) is 2. The SMILES string of the molecule is CCOC(CBr)OC/C(C)=C/CCCC#CC(=O)OC. The second-order valence-electron chi connectivity index (χ2n) is 4.09. The van der Waals surface area contributed by atoms with Crippen molar-refractivity contribution in [1.82, 2.24) is 0 Å². The lowest BCUT2D eigenvalue weighted by molar-refractivity contribution is -0.133. The average Bonchev–Trinajstić information content (AvgIpc) is 2.46. The van der Waals surface area contributed by atoms with Gasteiger partial charge in [-0.15, -0.1) is 0 Å². The minimum absolute atomic E-state index is 0.200. The van der Waals surface area contributed by atoms with Crippen LogP contribution in [0.15, 0.2) is 11.6 Å². The molecule has 0 saturated carbocycles. The number of carbonyl (C=O) groups excluding carboxylic acids is 1. The molecule has 0 aromatic carbocycles. The Morgan fingerprint density at radius 3 is 2.75 bits per heavy atom. The van der Waals surface area contributed by atoms with Crippen molar-refractivity contribution in [1.29, 1.82) is 0 Å². The summed E-state index contributed by atoms with van der Waals surface area (Å²) in [4.78, 5) is 10.7. The van der Waals surface area contributed by atoms with Gasteiger partial charge in [0.2, 0.25) is 0 Å². The molecule has 0 aliphatic carbocycles. The number of allylic oxidation sites excluding steroid dienone is 1. The predicted molar refractivity (Wildman–Crippen MR) is 82.6 cm³/mol. The first-order valence-electron chi connectivity index (χ1n) is 6.65. The van der Waals surface area contributed by atoms with Crippen LogP contribution in [0.4, 0.5) is 0 Å². The molecule has 0 heterocycles. The summed E-state index contributed by atoms with van der Waals surface area (Å²) in [5.41, 5.74) is 1.16. The van der Waals surface area contributed by atoms with Gasteiger partial charge in [-0.2, -0.15) is 0 Å². The summed E-state index contributed by atoms with van der Waals surface area (Å²) < 4.78 is 15.4. The highest BCUT2D eigenvalue weighted by Crippen LogP contribution is 2.05. The summed E-state index contributed by atoms with van der Waals surface area (Å²) in [5, 5.41) is 0.664. The lowest BCUT2D eigenvalue weighted by Crippen LogP contribution is -2.19. The van der Waals surface area contributed by atoms with Gasteiger partial charge in [0.05, 0.1) is 19.0 Å². The Kier molecular flexibility index (Phi) is 12.6. The fourth-order valence-corrected chi connectivity index (χ4v) is 1.70. The Balaban J connectivity index is 3.79. The highest BCUT2D eigenvalue weighted by molar-refractivity contribution is 9.09. The van der Waals surface area contributed by atoms with E-state index in [1.54, 1.807) is 0 Å². The highest BCUT2D eigenvalue weighted by atomic mass is 79.9. The zero-order chi connectivity index (χ0) is 15.2. The summed E-state index contributed by atoms with van der Waals surface area (Å²) in [6.45, 7) is 5.16. The number of esters is 1. The molecular weight excluding hydrogens is 324 g/mol. The van der Waals surface area contributed by atoms with Gasteiger partial charge in [-0.1, -0.05) is 33.5 Å². The fourth-order valence-electron chi connectivity index (χ4n) is 1.33. The molecule has 20 heavy (non-hydrogen) atoms. The van der Waals surface area contributed by atoms with E-state index in [1.165, 1.54) is 7.11 Å². The van der Waals surface area contributed by atoms with Crippen LogP contribution >= 0.6 is 15.9 Å². The third-order valence-corrected chi connectivity index (χ3v) is 2.88. The van der Waals surface area contributed by atoms with Crippen molar-refractivity contribution >= 4 is 21.9 Å². The first-order valence-corrected chi connectivity index (χ1v) is 7.77. The lowest BCUT2D eigenvalue weighted by atomic mass is 10.2. The minimum Gasteiger partial charge on any atom is -0.459 e. The molecule has 0 bridgehead atoms. The van der Waals surface area contributed by atoms with E-state index >= 15 is 0 Å². The maximum Gasteiger partial charge on any atom is 0.384 e. The van der Waals surface area contributed by atoms with Gasteiger partial charge in [-0.25, -0.2) is 4.79 Å². The molecule has 0 saturated heterocycles. The van der Waals surface area contributed by atoms with Crippen molar-refractivity contribution in [3.8, 4) is 11.8 Å². The van der Waals surface area contributed by atoms with Crippen molar-refractivity contribution in [3.05, 3.63) is 11.6 Å². The summed E-state index contributed by atoms with van der Waals surface area (Å²) in [5.74, 6) is 4.69. The van der Waals surface area contributed by atoms with E-state index < -0.39 is 5.97 Å². The van der Waals surface area contributed by atoms with Crippen LogP contribution in [-0.2, 0) is 19.0 Å². The van der Waals surface area contributed by atoms with Crippen molar-refractivity contribution in [2.24, 2.45) is 0 Å². The summed E-state index contributed by atoms with van der Waals surface area (Å²) in [7, 11) is 1.32. The van der Waals surface area contributed by atoms with Gasteiger partial charge in [0.1, 0.15) is 0 Å². The van der Waals surface area contributed by atoms with Gasteiger partial charge in [0.25, 0.3) is 0 Å². The van der Waals surface area contributed by atoms with Crippen LogP contribution in [0.2, 0.25) is 0 Å². The monoisotopic (exact) mass is 346 g/mol. The van der Waals surface area contributed by atoms with Crippen molar-refractivity contribution < 1.29 is 19.0 Å². The van der Waals surface area contributed by atoms with Gasteiger partial charge < -0.3 is 14.2 Å². The van der Waals surface area contributed by atoms with E-state index in [1.807, 2.05) is 13.8 Å². The highest BCUT2D eigenvalue weighted by Gasteiger charge is 2.05. The number of carbonyl (C=O) groups is 1. The van der Waals surface area contributed by atoms with E-state index in [4.69, 9.17) is 9.47 Å². The molecule has 114 valence electrons. The summed E-state index contributed by atoms with van der Waals surface area (Å²) >= 11 is 3.34. The number of methoxy groups -OCH3 is 1. The normalized spacial score (nSPS) is 12.5. The summed E-state index contributed by atoms with van der Waals surface area (Å²) in [6.07, 6.45) is 4.43. The van der Waals surface area contributed by atoms with Gasteiger partial charge in [0.15, 0.2) is 6.29 Å². The molecule has 0 aliphatic heterocycles. The second kappa shape index (κ2) is 13.2. The number of halogens is 1. The minimum atomic E-state index is -0.484. The molecule has 4 nitrogen and oxygen atoms in total. The topological polar surface area (TPSA) is 44.8 Å². The van der Waals surface area contributed by atoms with Crippen LogP contribution < -0.4 is 0 Å². The lowest BCUT2D eigenvalue weighted by Gasteiger charge is -2.15. The molecule has 1 unspecified atom stereocenters. The van der Waals surface area contributed by atoms with E-state index in [0.29, 0.717) is 25.0 Å². The first-order chi connectivity index (χ1) is 9.63. The van der Waals surface area contributed by atoms with E-state index in [0.717, 1.165) is 18.4 Å². The molecule has 0 spiro atoms. The Morgan fingerprint density at radius 2 is 2.15 bits per heavy atom. The van der Waals surface area contributed by atoms with Crippen LogP contribution in [0.5, 0.6) is 0 Å². The average molecular weight is 347 g/mol. The summed E-state index contributed by atoms with van der Waals surface area (Å²) in [6, 6.07) is 0. The Morgan fingerprint density at radius 1 is 1.40 bits per heavy atom. The quantitative estimate of drug-likeness (QED) is 0.122. The van der Waals surface area contributed by atoms with E-state index in [-0.39, 0.29) is 6.29 Å². The number of ether oxygens (including phenoxy) is 3. The molecule has 0 amide bonds. The largest absolute Gasteiger partial charge is 0.459 e. The van der Waals surface area contributed by atoms with Gasteiger partial charge in [0, 0.05) is 18.9 Å². The Hall–Kier alpha value is -0.830. The van der Waals surface area contributed by atoms with E-state index in [9.17, 15) is 4.79 Å². The number of alkyl halides is 1. The van der Waals surface area contributed by atoms with Crippen LogP contribution in [0, 0.1) is 11.8 Å². The fraction of sp³-hybridized carbons (Fsp3) is 0.667. The molecule has 1 atom stereocenters. The molecule has 0 N–H and O–H groups in total. The third kappa shape index (κ3) is 11.0. The molecule has 0 rings (SSSR count). The number of hydrogen-bond donors (Lipinski definition) is 0. The molecule has 0 radical (unpaired) electrons. The maximum absolute atomic E-state index is 10.7. The van der Waals surface area contributed by atoms with Gasteiger partial charge >= 0.3 is 5.97 Å². The van der Waals surface area contributed by atoms with Crippen LogP contribution in [-0.4, -0.2) is 37.9 Å². The molecule has 0 fully saturated rings. The molecular formula is C15H23BrO4. The van der Waals surface area contributed by atoms with Crippen LogP contribution in [0.25, 0.3) is 0 Å². The third-order valence-electron chi connectivity index (χ3n) is 2.35. The predicted octanol–water partition coefficient (Wildman–Crippen LogP) is 3.05. The van der Waals surface area contributed by atoms with Crippen LogP contribution in [0.1, 0.15) is 33.1 Å².